The summed E-state index contributed by atoms with van der Waals surface area (Å²) >= 11 is 0. The lowest BCUT2D eigenvalue weighted by Crippen LogP contribution is -2.35. The molecule has 0 bridgehead atoms. The molecule has 2 N–H and O–H groups in total. The Bertz CT molecular complexity index is 906. The predicted octanol–water partition coefficient (Wildman–Crippen LogP) is 4.23. The van der Waals surface area contributed by atoms with Gasteiger partial charge in [-0.25, -0.2) is 18.6 Å². The highest BCUT2D eigenvalue weighted by atomic mass is 19.2. The lowest BCUT2D eigenvalue weighted by atomic mass is 9.92. The molecule has 3 atom stereocenters. The molecule has 1 amide bonds. The fourth-order valence-corrected chi connectivity index (χ4v) is 3.87. The van der Waals surface area contributed by atoms with Gasteiger partial charge in [0.05, 0.1) is 12.1 Å². The van der Waals surface area contributed by atoms with Crippen LogP contribution in [0.25, 0.3) is 0 Å². The Labute approximate surface area is 175 Å². The summed E-state index contributed by atoms with van der Waals surface area (Å²) in [6.45, 7) is 7.40. The summed E-state index contributed by atoms with van der Waals surface area (Å²) in [7, 11) is 0. The molecule has 30 heavy (non-hydrogen) atoms. The normalized spacial score (nSPS) is 20.2. The summed E-state index contributed by atoms with van der Waals surface area (Å²) in [5.74, 6) is -1.40. The van der Waals surface area contributed by atoms with Crippen molar-refractivity contribution in [2.24, 2.45) is 0 Å². The second-order valence-corrected chi connectivity index (χ2v) is 8.89. The van der Waals surface area contributed by atoms with Gasteiger partial charge in [0.25, 0.3) is 0 Å². The highest BCUT2D eigenvalue weighted by Gasteiger charge is 2.31. The van der Waals surface area contributed by atoms with Gasteiger partial charge in [-0.15, -0.1) is 0 Å². The molecule has 1 aromatic heterocycles. The van der Waals surface area contributed by atoms with Gasteiger partial charge in [0, 0.05) is 30.8 Å². The third-order valence-electron chi connectivity index (χ3n) is 5.10. The van der Waals surface area contributed by atoms with Gasteiger partial charge in [-0.05, 0) is 52.2 Å². The molecule has 2 heterocycles. The summed E-state index contributed by atoms with van der Waals surface area (Å²) in [5, 5.41) is 12.7. The highest BCUT2D eigenvalue weighted by Crippen LogP contribution is 2.35. The van der Waals surface area contributed by atoms with Gasteiger partial charge < -0.3 is 19.7 Å². The Morgan fingerprint density at radius 2 is 2.10 bits per heavy atom. The van der Waals surface area contributed by atoms with Crippen LogP contribution in [-0.2, 0) is 17.7 Å². The number of benzene rings is 1. The number of hydrogen-bond acceptors (Lipinski definition) is 4. The molecule has 8 heteroatoms. The van der Waals surface area contributed by atoms with Crippen LogP contribution in [-0.4, -0.2) is 32.5 Å². The summed E-state index contributed by atoms with van der Waals surface area (Å²) in [6.07, 6.45) is 1.90. The number of nitrogens with one attached hydrogen (secondary N) is 1. The van der Waals surface area contributed by atoms with Crippen molar-refractivity contribution >= 4 is 6.09 Å². The number of rotatable bonds is 4. The highest BCUT2D eigenvalue weighted by molar-refractivity contribution is 5.68. The van der Waals surface area contributed by atoms with Crippen molar-refractivity contribution in [1.29, 1.82) is 0 Å². The topological polar surface area (TPSA) is 76.4 Å². The van der Waals surface area contributed by atoms with E-state index in [4.69, 9.17) is 4.74 Å². The molecule has 3 rings (SSSR count). The maximum Gasteiger partial charge on any atom is 0.408 e. The molecule has 164 valence electrons. The fourth-order valence-electron chi connectivity index (χ4n) is 3.87. The zero-order valence-corrected chi connectivity index (χ0v) is 17.8. The van der Waals surface area contributed by atoms with Crippen molar-refractivity contribution < 1.29 is 23.4 Å². The summed E-state index contributed by atoms with van der Waals surface area (Å²) in [4.78, 5) is 16.8. The third kappa shape index (κ3) is 5.16. The van der Waals surface area contributed by atoms with Crippen molar-refractivity contribution in [2.75, 3.05) is 0 Å². The van der Waals surface area contributed by atoms with Gasteiger partial charge in [0.2, 0.25) is 0 Å². The Kier molecular flexibility index (Phi) is 6.45. The van der Waals surface area contributed by atoms with Crippen LogP contribution >= 0.6 is 0 Å². The molecule has 2 aromatic rings. The van der Waals surface area contributed by atoms with Crippen LogP contribution in [0, 0.1) is 11.6 Å². The molecule has 1 aromatic carbocycles. The molecule has 0 aliphatic carbocycles. The van der Waals surface area contributed by atoms with Gasteiger partial charge in [0.15, 0.2) is 11.6 Å². The van der Waals surface area contributed by atoms with Crippen LogP contribution in [0.1, 0.15) is 69.6 Å². The first-order chi connectivity index (χ1) is 14.0. The quantitative estimate of drug-likeness (QED) is 0.775. The van der Waals surface area contributed by atoms with E-state index in [9.17, 15) is 18.7 Å². The van der Waals surface area contributed by atoms with Crippen LogP contribution in [0.5, 0.6) is 0 Å². The zero-order chi connectivity index (χ0) is 22.1. The van der Waals surface area contributed by atoms with Crippen LogP contribution in [0.2, 0.25) is 0 Å². The SMILES string of the molecule is CC(O)Cc1cnc2n1C[C@H](c1cccc(F)c1F)CC[C@H]2NC(=O)OC(C)(C)C. The Morgan fingerprint density at radius 3 is 2.77 bits per heavy atom. The van der Waals surface area contributed by atoms with Crippen molar-refractivity contribution in [3.63, 3.8) is 0 Å². The van der Waals surface area contributed by atoms with Crippen molar-refractivity contribution in [2.45, 2.75) is 77.2 Å². The van der Waals surface area contributed by atoms with E-state index in [1.54, 1.807) is 40.0 Å². The average Bonchev–Trinajstić information content (AvgIpc) is 2.90. The molecule has 0 spiro atoms. The van der Waals surface area contributed by atoms with E-state index < -0.39 is 35.5 Å². The Morgan fingerprint density at radius 1 is 1.37 bits per heavy atom. The van der Waals surface area contributed by atoms with E-state index in [0.29, 0.717) is 37.2 Å². The lowest BCUT2D eigenvalue weighted by Gasteiger charge is -2.23. The minimum absolute atomic E-state index is 0.299. The molecule has 0 saturated heterocycles. The number of aliphatic hydroxyl groups is 1. The maximum atomic E-state index is 14.5. The molecule has 1 aliphatic rings. The molecule has 0 radical (unpaired) electrons. The average molecular weight is 421 g/mol. The number of carbonyl (C=O) groups is 1. The Balaban J connectivity index is 1.93. The fraction of sp³-hybridized carbons (Fsp3) is 0.545. The number of halogens is 2. The van der Waals surface area contributed by atoms with Crippen LogP contribution in [0.3, 0.4) is 0 Å². The second-order valence-electron chi connectivity index (χ2n) is 8.89. The van der Waals surface area contributed by atoms with Crippen LogP contribution in [0.15, 0.2) is 24.4 Å². The van der Waals surface area contributed by atoms with Gasteiger partial charge in [0.1, 0.15) is 11.4 Å². The number of amides is 1. The van der Waals surface area contributed by atoms with Gasteiger partial charge in [-0.1, -0.05) is 12.1 Å². The van der Waals surface area contributed by atoms with E-state index >= 15 is 0 Å². The van der Waals surface area contributed by atoms with E-state index in [1.165, 1.54) is 6.07 Å². The van der Waals surface area contributed by atoms with Crippen LogP contribution < -0.4 is 5.32 Å². The molecule has 0 saturated carbocycles. The van der Waals surface area contributed by atoms with Crippen molar-refractivity contribution in [3.05, 3.63) is 53.1 Å². The largest absolute Gasteiger partial charge is 0.444 e. The van der Waals surface area contributed by atoms with Gasteiger partial charge in [-0.3, -0.25) is 0 Å². The standard InChI is InChI=1S/C22H29F2N3O3/c1-13(28)10-15-11-25-20-18(26-21(29)30-22(2,3)4)9-8-14(12-27(15)20)16-6-5-7-17(23)19(16)24/h5-7,11,13-14,18,28H,8-10,12H2,1-4H3,(H,26,29)/t13?,14-,18-/m1/s1. The minimum atomic E-state index is -0.879. The number of imidazole rings is 1. The molecule has 0 fully saturated rings. The number of carbonyl (C=O) groups excluding carboxylic acids is 1. The van der Waals surface area contributed by atoms with Crippen molar-refractivity contribution in [3.8, 4) is 0 Å². The summed E-state index contributed by atoms with van der Waals surface area (Å²) in [5.41, 5.74) is 0.435. The lowest BCUT2D eigenvalue weighted by molar-refractivity contribution is 0.0498. The van der Waals surface area contributed by atoms with E-state index in [-0.39, 0.29) is 5.92 Å². The number of aliphatic hydroxyl groups excluding tert-OH is 1. The first kappa shape index (κ1) is 22.2. The number of aromatic nitrogens is 2. The second kappa shape index (κ2) is 8.71. The van der Waals surface area contributed by atoms with Crippen molar-refractivity contribution in [1.82, 2.24) is 14.9 Å². The number of alkyl carbamates (subject to hydrolysis) is 1. The Hall–Kier alpha value is -2.48. The van der Waals surface area contributed by atoms with E-state index in [2.05, 4.69) is 10.3 Å². The van der Waals surface area contributed by atoms with E-state index in [1.807, 2.05) is 4.57 Å². The summed E-state index contributed by atoms with van der Waals surface area (Å²) < 4.78 is 35.6. The molecule has 6 nitrogen and oxygen atoms in total. The molecular weight excluding hydrogens is 392 g/mol. The number of nitrogens with zero attached hydrogens (tertiary/aromatic N) is 2. The smallest absolute Gasteiger partial charge is 0.408 e. The first-order valence-corrected chi connectivity index (χ1v) is 10.2. The third-order valence-corrected chi connectivity index (χ3v) is 5.10. The minimum Gasteiger partial charge on any atom is -0.444 e. The predicted molar refractivity (Wildman–Crippen MR) is 108 cm³/mol. The van der Waals surface area contributed by atoms with Crippen LogP contribution in [0.4, 0.5) is 13.6 Å². The molecule has 1 unspecified atom stereocenters. The number of hydrogen-bond donors (Lipinski definition) is 2. The number of ether oxygens (including phenoxy) is 1. The summed E-state index contributed by atoms with van der Waals surface area (Å²) in [6, 6.07) is 3.75. The van der Waals surface area contributed by atoms with Gasteiger partial charge in [-0.2, -0.15) is 0 Å². The first-order valence-electron chi connectivity index (χ1n) is 10.2. The maximum absolute atomic E-state index is 14.5. The zero-order valence-electron chi connectivity index (χ0n) is 17.8. The molecular formula is C22H29F2N3O3. The molecule has 1 aliphatic heterocycles. The van der Waals surface area contributed by atoms with Gasteiger partial charge >= 0.3 is 6.09 Å². The van der Waals surface area contributed by atoms with E-state index in [0.717, 1.165) is 11.8 Å². The monoisotopic (exact) mass is 421 g/mol. The number of fused-ring (bicyclic) bond motifs is 1.